The Labute approximate surface area is 169 Å². The zero-order chi connectivity index (χ0) is 20.8. The van der Waals surface area contributed by atoms with Gasteiger partial charge in [0.1, 0.15) is 5.69 Å². The molecule has 0 saturated carbocycles. The average molecular weight is 392 g/mol. The molecule has 3 rings (SSSR count). The van der Waals surface area contributed by atoms with Gasteiger partial charge in [-0.1, -0.05) is 29.8 Å². The Morgan fingerprint density at radius 2 is 1.90 bits per heavy atom. The lowest BCUT2D eigenvalue weighted by atomic mass is 10.1. The molecule has 0 bridgehead atoms. The minimum Gasteiger partial charge on any atom is -0.493 e. The molecule has 0 aliphatic heterocycles. The maximum atomic E-state index is 12.3. The largest absolute Gasteiger partial charge is 0.493 e. The number of hydrogen-bond donors (Lipinski definition) is 2. The van der Waals surface area contributed by atoms with Gasteiger partial charge in [0.2, 0.25) is 0 Å². The van der Waals surface area contributed by atoms with Crippen molar-refractivity contribution < 1.29 is 14.3 Å². The minimum absolute atomic E-state index is 0.0379. The van der Waals surface area contributed by atoms with E-state index in [2.05, 4.69) is 20.7 Å². The molecule has 0 atom stereocenters. The summed E-state index contributed by atoms with van der Waals surface area (Å²) in [5, 5.41) is 10.9. The number of H-pyrrole nitrogens is 1. The summed E-state index contributed by atoms with van der Waals surface area (Å²) >= 11 is 0. The van der Waals surface area contributed by atoms with Crippen LogP contribution in [0.5, 0.6) is 11.5 Å². The standard InChI is InChI=1S/C22H24N4O3/c1-14(2)29-20-10-9-17(11-21(20)28-4)18-12-19(25-24-18)22(27)26-23-13-16-7-5-15(3)6-8-16/h5-14H,1-4H3,(H,24,25)(H,26,27). The molecule has 29 heavy (non-hydrogen) atoms. The molecule has 0 radical (unpaired) electrons. The molecule has 3 aromatic rings. The summed E-state index contributed by atoms with van der Waals surface area (Å²) in [6.45, 7) is 5.92. The number of amides is 1. The fraction of sp³-hybridized carbons (Fsp3) is 0.227. The predicted octanol–water partition coefficient (Wildman–Crippen LogP) is 3.94. The number of hydrogen-bond acceptors (Lipinski definition) is 5. The van der Waals surface area contributed by atoms with Crippen molar-refractivity contribution in [3.63, 3.8) is 0 Å². The number of aryl methyl sites for hydroxylation is 1. The van der Waals surface area contributed by atoms with E-state index in [0.717, 1.165) is 16.7 Å². The van der Waals surface area contributed by atoms with E-state index in [1.54, 1.807) is 19.4 Å². The number of nitrogens with one attached hydrogen (secondary N) is 2. The summed E-state index contributed by atoms with van der Waals surface area (Å²) in [7, 11) is 1.59. The molecule has 0 spiro atoms. The average Bonchev–Trinajstić information content (AvgIpc) is 3.19. The Hall–Kier alpha value is -3.61. The first-order chi connectivity index (χ1) is 14.0. The van der Waals surface area contributed by atoms with E-state index in [0.29, 0.717) is 22.9 Å². The summed E-state index contributed by atoms with van der Waals surface area (Å²) < 4.78 is 11.1. The van der Waals surface area contributed by atoms with Gasteiger partial charge in [-0.2, -0.15) is 10.2 Å². The van der Waals surface area contributed by atoms with Gasteiger partial charge in [-0.05, 0) is 50.6 Å². The van der Waals surface area contributed by atoms with Crippen molar-refractivity contribution in [2.24, 2.45) is 5.10 Å². The van der Waals surface area contributed by atoms with Crippen LogP contribution in [-0.2, 0) is 0 Å². The number of aromatic amines is 1. The van der Waals surface area contributed by atoms with Gasteiger partial charge < -0.3 is 9.47 Å². The Balaban J connectivity index is 1.69. The van der Waals surface area contributed by atoms with Crippen molar-refractivity contribution >= 4 is 12.1 Å². The number of nitrogens with zero attached hydrogens (tertiary/aromatic N) is 2. The fourth-order valence-electron chi connectivity index (χ4n) is 2.64. The third-order valence-electron chi connectivity index (χ3n) is 4.10. The van der Waals surface area contributed by atoms with Crippen LogP contribution in [0.25, 0.3) is 11.3 Å². The van der Waals surface area contributed by atoms with Gasteiger partial charge in [0.25, 0.3) is 5.91 Å². The van der Waals surface area contributed by atoms with E-state index in [1.165, 1.54) is 0 Å². The molecular weight excluding hydrogens is 368 g/mol. The molecule has 2 N–H and O–H groups in total. The molecule has 1 aromatic heterocycles. The van der Waals surface area contributed by atoms with Crippen LogP contribution in [0.15, 0.2) is 53.6 Å². The first-order valence-corrected chi connectivity index (χ1v) is 9.27. The van der Waals surface area contributed by atoms with Crippen molar-refractivity contribution in [2.45, 2.75) is 26.9 Å². The highest BCUT2D eigenvalue weighted by molar-refractivity contribution is 5.94. The van der Waals surface area contributed by atoms with Gasteiger partial charge in [0.05, 0.1) is 25.1 Å². The van der Waals surface area contributed by atoms with E-state index in [4.69, 9.17) is 9.47 Å². The Kier molecular flexibility index (Phi) is 6.29. The van der Waals surface area contributed by atoms with Gasteiger partial charge in [0, 0.05) is 5.56 Å². The Morgan fingerprint density at radius 1 is 1.14 bits per heavy atom. The van der Waals surface area contributed by atoms with Crippen LogP contribution in [0.2, 0.25) is 0 Å². The molecule has 7 heteroatoms. The Morgan fingerprint density at radius 3 is 2.59 bits per heavy atom. The van der Waals surface area contributed by atoms with E-state index in [-0.39, 0.29) is 12.0 Å². The number of methoxy groups -OCH3 is 1. The summed E-state index contributed by atoms with van der Waals surface area (Å²) in [4.78, 5) is 12.3. The number of rotatable bonds is 7. The van der Waals surface area contributed by atoms with Crippen LogP contribution in [0.3, 0.4) is 0 Å². The van der Waals surface area contributed by atoms with Crippen LogP contribution in [0.1, 0.15) is 35.5 Å². The first kappa shape index (κ1) is 20.1. The second-order valence-corrected chi connectivity index (χ2v) is 6.81. The van der Waals surface area contributed by atoms with E-state index in [9.17, 15) is 4.79 Å². The van der Waals surface area contributed by atoms with Crippen molar-refractivity contribution in [1.82, 2.24) is 15.6 Å². The van der Waals surface area contributed by atoms with Crippen LogP contribution in [0.4, 0.5) is 0 Å². The van der Waals surface area contributed by atoms with Crippen LogP contribution in [0, 0.1) is 6.92 Å². The Bertz CT molecular complexity index is 1010. The second kappa shape index (κ2) is 9.05. The van der Waals surface area contributed by atoms with E-state index >= 15 is 0 Å². The highest BCUT2D eigenvalue weighted by Gasteiger charge is 2.13. The normalized spacial score (nSPS) is 11.1. The van der Waals surface area contributed by atoms with Gasteiger partial charge in [-0.15, -0.1) is 0 Å². The lowest BCUT2D eigenvalue weighted by Gasteiger charge is -2.14. The molecule has 1 amide bonds. The van der Waals surface area contributed by atoms with Gasteiger partial charge in [0.15, 0.2) is 11.5 Å². The lowest BCUT2D eigenvalue weighted by molar-refractivity contribution is 0.0950. The third-order valence-corrected chi connectivity index (χ3v) is 4.10. The molecule has 0 aliphatic rings. The summed E-state index contributed by atoms with van der Waals surface area (Å²) in [5.41, 5.74) is 6.29. The van der Waals surface area contributed by atoms with Crippen LogP contribution >= 0.6 is 0 Å². The summed E-state index contributed by atoms with van der Waals surface area (Å²) in [6, 6.07) is 15.0. The number of benzene rings is 2. The van der Waals surface area contributed by atoms with Crippen molar-refractivity contribution in [3.8, 4) is 22.8 Å². The minimum atomic E-state index is -0.376. The number of ether oxygens (including phenoxy) is 2. The smallest absolute Gasteiger partial charge is 0.289 e. The topological polar surface area (TPSA) is 88.6 Å². The SMILES string of the molecule is COc1cc(-c2cc(C(=O)NN=Cc3ccc(C)cc3)[nH]n2)ccc1OC(C)C. The van der Waals surface area contributed by atoms with Crippen molar-refractivity contribution in [3.05, 3.63) is 65.4 Å². The van der Waals surface area contributed by atoms with Crippen molar-refractivity contribution in [2.75, 3.05) is 7.11 Å². The van der Waals surface area contributed by atoms with Crippen molar-refractivity contribution in [1.29, 1.82) is 0 Å². The number of aromatic nitrogens is 2. The van der Waals surface area contributed by atoms with E-state index in [1.807, 2.05) is 63.2 Å². The molecule has 2 aromatic carbocycles. The summed E-state index contributed by atoms with van der Waals surface area (Å²) in [6.07, 6.45) is 1.63. The van der Waals surface area contributed by atoms with Gasteiger partial charge in [-0.25, -0.2) is 5.43 Å². The molecule has 7 nitrogen and oxygen atoms in total. The monoisotopic (exact) mass is 392 g/mol. The van der Waals surface area contributed by atoms with Gasteiger partial charge >= 0.3 is 0 Å². The first-order valence-electron chi connectivity index (χ1n) is 9.27. The molecule has 1 heterocycles. The highest BCUT2D eigenvalue weighted by atomic mass is 16.5. The lowest BCUT2D eigenvalue weighted by Crippen LogP contribution is -2.17. The highest BCUT2D eigenvalue weighted by Crippen LogP contribution is 2.32. The molecule has 0 unspecified atom stereocenters. The summed E-state index contributed by atoms with van der Waals surface area (Å²) in [5.74, 6) is 0.886. The zero-order valence-corrected chi connectivity index (χ0v) is 16.9. The molecule has 0 aliphatic carbocycles. The third kappa shape index (κ3) is 5.22. The number of carbonyl (C=O) groups is 1. The second-order valence-electron chi connectivity index (χ2n) is 6.81. The molecule has 0 fully saturated rings. The maximum absolute atomic E-state index is 12.3. The van der Waals surface area contributed by atoms with Gasteiger partial charge in [-0.3, -0.25) is 9.89 Å². The van der Waals surface area contributed by atoms with E-state index < -0.39 is 0 Å². The van der Waals surface area contributed by atoms with Crippen LogP contribution in [-0.4, -0.2) is 35.5 Å². The molecule has 0 saturated heterocycles. The fourth-order valence-corrected chi connectivity index (χ4v) is 2.64. The maximum Gasteiger partial charge on any atom is 0.289 e. The number of hydrazone groups is 1. The predicted molar refractivity (Wildman–Crippen MR) is 113 cm³/mol. The molecular formula is C22H24N4O3. The zero-order valence-electron chi connectivity index (χ0n) is 16.9. The molecule has 150 valence electrons. The quantitative estimate of drug-likeness (QED) is 0.471. The van der Waals surface area contributed by atoms with Crippen LogP contribution < -0.4 is 14.9 Å². The number of carbonyl (C=O) groups excluding carboxylic acids is 1.